The lowest BCUT2D eigenvalue weighted by atomic mass is 9.79. The fraction of sp³-hybridized carbons (Fsp3) is 0.400. The van der Waals surface area contributed by atoms with E-state index in [2.05, 4.69) is 15.6 Å². The van der Waals surface area contributed by atoms with Crippen molar-refractivity contribution in [3.05, 3.63) is 54.4 Å². The van der Waals surface area contributed by atoms with Gasteiger partial charge in [-0.05, 0) is 56.3 Å². The van der Waals surface area contributed by atoms with Gasteiger partial charge in [0.15, 0.2) is 0 Å². The molecule has 1 amide bonds. The van der Waals surface area contributed by atoms with Crippen LogP contribution in [0.1, 0.15) is 23.2 Å². The molecule has 2 N–H and O–H groups in total. The maximum Gasteiger partial charge on any atom is 0.251 e. The van der Waals surface area contributed by atoms with Gasteiger partial charge in [-0.1, -0.05) is 6.07 Å². The highest BCUT2D eigenvalue weighted by Gasteiger charge is 2.32. The van der Waals surface area contributed by atoms with Crippen LogP contribution in [0.15, 0.2) is 48.8 Å². The second-order valence-electron chi connectivity index (χ2n) is 6.68. The molecular weight excluding hydrogens is 401 g/mol. The second-order valence-corrected chi connectivity index (χ2v) is 6.68. The Labute approximate surface area is 178 Å². The maximum absolute atomic E-state index is 12.6. The first-order valence-corrected chi connectivity index (χ1v) is 8.87. The fourth-order valence-corrected chi connectivity index (χ4v) is 3.25. The number of hydrogen-bond donors (Lipinski definition) is 2. The summed E-state index contributed by atoms with van der Waals surface area (Å²) in [6.45, 7) is 3.17. The zero-order valence-corrected chi connectivity index (χ0v) is 17.5. The van der Waals surface area contributed by atoms with E-state index in [-0.39, 0.29) is 36.1 Å². The second kappa shape index (κ2) is 11.9. The van der Waals surface area contributed by atoms with Crippen LogP contribution in [0.25, 0.3) is 0 Å². The summed E-state index contributed by atoms with van der Waals surface area (Å²) in [5.41, 5.74) is 0.582. The average molecular weight is 428 g/mol. The SMILES string of the molecule is COCC1(CNC(=O)c2cccc(Oc3ccncc3)c2)CCNCC1.Cl.Cl. The molecule has 0 spiro atoms. The normalized spacial score (nSPS) is 14.9. The van der Waals surface area contributed by atoms with Gasteiger partial charge in [0, 0.05) is 37.0 Å². The molecule has 2 heterocycles. The molecule has 1 fully saturated rings. The number of carbonyl (C=O) groups excluding carboxylic acids is 1. The molecule has 6 nitrogen and oxygen atoms in total. The zero-order valence-electron chi connectivity index (χ0n) is 15.8. The first-order valence-electron chi connectivity index (χ1n) is 8.87. The van der Waals surface area contributed by atoms with Gasteiger partial charge in [-0.15, -0.1) is 24.8 Å². The lowest BCUT2D eigenvalue weighted by molar-refractivity contribution is 0.0511. The number of methoxy groups -OCH3 is 1. The molecule has 1 saturated heterocycles. The number of halogens is 2. The molecular formula is C20H27Cl2N3O3. The Balaban J connectivity index is 0.00000196. The number of ether oxygens (including phenoxy) is 2. The first-order chi connectivity index (χ1) is 12.7. The molecule has 0 aliphatic carbocycles. The lowest BCUT2D eigenvalue weighted by Gasteiger charge is -2.37. The Morgan fingerprint density at radius 3 is 2.54 bits per heavy atom. The number of hydrogen-bond acceptors (Lipinski definition) is 5. The highest BCUT2D eigenvalue weighted by atomic mass is 35.5. The van der Waals surface area contributed by atoms with Crippen molar-refractivity contribution in [2.24, 2.45) is 5.41 Å². The van der Waals surface area contributed by atoms with Crippen molar-refractivity contribution in [1.29, 1.82) is 0 Å². The van der Waals surface area contributed by atoms with E-state index in [9.17, 15) is 4.79 Å². The fourth-order valence-electron chi connectivity index (χ4n) is 3.25. The van der Waals surface area contributed by atoms with Crippen LogP contribution in [0.3, 0.4) is 0 Å². The Morgan fingerprint density at radius 1 is 1.14 bits per heavy atom. The predicted molar refractivity (Wildman–Crippen MR) is 114 cm³/mol. The molecule has 0 unspecified atom stereocenters. The molecule has 0 bridgehead atoms. The number of benzene rings is 1. The summed E-state index contributed by atoms with van der Waals surface area (Å²) in [6.07, 6.45) is 5.32. The molecule has 2 aromatic rings. The number of rotatable bonds is 7. The number of nitrogens with one attached hydrogen (secondary N) is 2. The highest BCUT2D eigenvalue weighted by molar-refractivity contribution is 5.94. The van der Waals surface area contributed by atoms with E-state index in [1.165, 1.54) is 0 Å². The number of piperidine rings is 1. The molecule has 1 aromatic heterocycles. The molecule has 1 aliphatic rings. The number of nitrogens with zero attached hydrogens (tertiary/aromatic N) is 1. The largest absolute Gasteiger partial charge is 0.457 e. The topological polar surface area (TPSA) is 72.5 Å². The van der Waals surface area contributed by atoms with Gasteiger partial charge >= 0.3 is 0 Å². The van der Waals surface area contributed by atoms with Gasteiger partial charge in [-0.3, -0.25) is 9.78 Å². The van der Waals surface area contributed by atoms with E-state index in [1.54, 1.807) is 43.8 Å². The Bertz CT molecular complexity index is 720. The summed E-state index contributed by atoms with van der Waals surface area (Å²) < 4.78 is 11.2. The summed E-state index contributed by atoms with van der Waals surface area (Å²) in [6, 6.07) is 10.7. The molecule has 28 heavy (non-hydrogen) atoms. The van der Waals surface area contributed by atoms with Crippen LogP contribution in [0.2, 0.25) is 0 Å². The van der Waals surface area contributed by atoms with E-state index in [4.69, 9.17) is 9.47 Å². The molecule has 0 atom stereocenters. The lowest BCUT2D eigenvalue weighted by Crippen LogP contribution is -2.47. The summed E-state index contributed by atoms with van der Waals surface area (Å²) in [7, 11) is 1.71. The van der Waals surface area contributed by atoms with Crippen LogP contribution in [0.4, 0.5) is 0 Å². The highest BCUT2D eigenvalue weighted by Crippen LogP contribution is 2.28. The standard InChI is InChI=1S/C20H25N3O3.2ClH/c1-25-15-20(7-11-22-12-8-20)14-23-19(24)16-3-2-4-18(13-16)26-17-5-9-21-10-6-17;;/h2-6,9-10,13,22H,7-8,11-12,14-15H2,1H3,(H,23,24);2*1H. The minimum Gasteiger partial charge on any atom is -0.457 e. The van der Waals surface area contributed by atoms with Crippen LogP contribution in [-0.2, 0) is 4.74 Å². The third-order valence-corrected chi connectivity index (χ3v) is 4.72. The minimum absolute atomic E-state index is 0. The molecule has 1 aromatic carbocycles. The van der Waals surface area contributed by atoms with E-state index < -0.39 is 0 Å². The van der Waals surface area contributed by atoms with Crippen LogP contribution in [-0.4, -0.2) is 44.2 Å². The average Bonchev–Trinajstić information content (AvgIpc) is 2.68. The zero-order chi connectivity index (χ0) is 18.2. The van der Waals surface area contributed by atoms with Crippen molar-refractivity contribution in [3.63, 3.8) is 0 Å². The number of amides is 1. The van der Waals surface area contributed by atoms with Crippen molar-refractivity contribution in [2.75, 3.05) is 33.4 Å². The van der Waals surface area contributed by atoms with Crippen molar-refractivity contribution in [3.8, 4) is 11.5 Å². The van der Waals surface area contributed by atoms with Gasteiger partial charge in [0.25, 0.3) is 5.91 Å². The summed E-state index contributed by atoms with van der Waals surface area (Å²) in [4.78, 5) is 16.6. The molecule has 1 aliphatic heterocycles. The Morgan fingerprint density at radius 2 is 1.86 bits per heavy atom. The van der Waals surface area contributed by atoms with Gasteiger partial charge in [0.1, 0.15) is 11.5 Å². The van der Waals surface area contributed by atoms with Gasteiger partial charge in [-0.2, -0.15) is 0 Å². The summed E-state index contributed by atoms with van der Waals surface area (Å²) in [5, 5.41) is 6.43. The molecule has 154 valence electrons. The Kier molecular flexibility index (Phi) is 10.2. The van der Waals surface area contributed by atoms with Crippen molar-refractivity contribution in [2.45, 2.75) is 12.8 Å². The number of aromatic nitrogens is 1. The predicted octanol–water partition coefficient (Wildman–Crippen LogP) is 3.46. The van der Waals surface area contributed by atoms with E-state index >= 15 is 0 Å². The third-order valence-electron chi connectivity index (χ3n) is 4.72. The monoisotopic (exact) mass is 427 g/mol. The quantitative estimate of drug-likeness (QED) is 0.707. The molecule has 8 heteroatoms. The summed E-state index contributed by atoms with van der Waals surface area (Å²) in [5.74, 6) is 1.21. The van der Waals surface area contributed by atoms with Crippen LogP contribution in [0.5, 0.6) is 11.5 Å². The molecule has 0 saturated carbocycles. The first kappa shape index (κ1) is 24.2. The maximum atomic E-state index is 12.6. The molecule has 0 radical (unpaired) electrons. The summed E-state index contributed by atoms with van der Waals surface area (Å²) >= 11 is 0. The number of pyridine rings is 1. The van der Waals surface area contributed by atoms with Crippen LogP contribution < -0.4 is 15.4 Å². The van der Waals surface area contributed by atoms with Gasteiger partial charge < -0.3 is 20.1 Å². The smallest absolute Gasteiger partial charge is 0.251 e. The van der Waals surface area contributed by atoms with Gasteiger partial charge in [-0.25, -0.2) is 0 Å². The Hall–Kier alpha value is -1.86. The minimum atomic E-state index is -0.0980. The van der Waals surface area contributed by atoms with E-state index in [0.29, 0.717) is 30.2 Å². The van der Waals surface area contributed by atoms with E-state index in [0.717, 1.165) is 25.9 Å². The number of carbonyl (C=O) groups is 1. The third kappa shape index (κ3) is 6.63. The van der Waals surface area contributed by atoms with Gasteiger partial charge in [0.05, 0.1) is 6.61 Å². The van der Waals surface area contributed by atoms with Crippen molar-refractivity contribution < 1.29 is 14.3 Å². The van der Waals surface area contributed by atoms with Crippen LogP contribution >= 0.6 is 24.8 Å². The van der Waals surface area contributed by atoms with Crippen molar-refractivity contribution in [1.82, 2.24) is 15.6 Å². The molecule has 3 rings (SSSR count). The van der Waals surface area contributed by atoms with Crippen LogP contribution in [0, 0.1) is 5.41 Å². The van der Waals surface area contributed by atoms with Crippen molar-refractivity contribution >= 4 is 30.7 Å². The van der Waals surface area contributed by atoms with Gasteiger partial charge in [0.2, 0.25) is 0 Å². The van der Waals surface area contributed by atoms with E-state index in [1.807, 2.05) is 12.1 Å².